The molecule has 1 aromatic carbocycles. The van der Waals surface area contributed by atoms with E-state index >= 15 is 0 Å². The molecule has 0 bridgehead atoms. The van der Waals surface area contributed by atoms with E-state index < -0.39 is 5.97 Å². The Morgan fingerprint density at radius 3 is 2.33 bits per heavy atom. The van der Waals surface area contributed by atoms with Gasteiger partial charge in [0.15, 0.2) is 0 Å². The number of aliphatic carboxylic acids is 1. The number of benzene rings is 1. The van der Waals surface area contributed by atoms with E-state index in [0.29, 0.717) is 4.20 Å². The summed E-state index contributed by atoms with van der Waals surface area (Å²) in [5.41, 5.74) is 3.22. The van der Waals surface area contributed by atoms with Gasteiger partial charge < -0.3 is 5.11 Å². The van der Waals surface area contributed by atoms with Crippen molar-refractivity contribution in [2.45, 2.75) is 13.8 Å². The second-order valence-electron chi connectivity index (χ2n) is 3.35. The molecule has 0 heterocycles. The molecule has 4 heteroatoms. The molecule has 0 atom stereocenters. The van der Waals surface area contributed by atoms with Crippen molar-refractivity contribution in [3.8, 4) is 0 Å². The Morgan fingerprint density at radius 2 is 1.87 bits per heavy atom. The monoisotopic (exact) mass is 240 g/mol. The van der Waals surface area contributed by atoms with Gasteiger partial charge in [-0.3, -0.25) is 4.79 Å². The molecule has 15 heavy (non-hydrogen) atoms. The van der Waals surface area contributed by atoms with Crippen LogP contribution in [0.3, 0.4) is 0 Å². The number of thioether (sulfide) groups is 1. The van der Waals surface area contributed by atoms with Gasteiger partial charge in [0.2, 0.25) is 0 Å². The zero-order valence-corrected chi connectivity index (χ0v) is 10.2. The molecule has 0 aromatic heterocycles. The summed E-state index contributed by atoms with van der Waals surface area (Å²) in [6.45, 7) is 4.00. The molecule has 0 radical (unpaired) electrons. The van der Waals surface area contributed by atoms with E-state index in [-0.39, 0.29) is 5.75 Å². The van der Waals surface area contributed by atoms with Crippen molar-refractivity contribution in [3.05, 3.63) is 34.9 Å². The van der Waals surface area contributed by atoms with Gasteiger partial charge in [0.05, 0.1) is 9.95 Å². The van der Waals surface area contributed by atoms with E-state index in [9.17, 15) is 4.79 Å². The Hall–Kier alpha value is -0.870. The predicted molar refractivity (Wildman–Crippen MR) is 67.7 cm³/mol. The van der Waals surface area contributed by atoms with Gasteiger partial charge in [0.25, 0.3) is 0 Å². The van der Waals surface area contributed by atoms with E-state index in [2.05, 4.69) is 6.07 Å². The summed E-state index contributed by atoms with van der Waals surface area (Å²) in [4.78, 5) is 10.4. The molecule has 0 spiro atoms. The number of thiocarbonyl (C=S) groups is 1. The van der Waals surface area contributed by atoms with Gasteiger partial charge >= 0.3 is 5.97 Å². The predicted octanol–water partition coefficient (Wildman–Crippen LogP) is 2.80. The van der Waals surface area contributed by atoms with Crippen molar-refractivity contribution in [2.24, 2.45) is 0 Å². The van der Waals surface area contributed by atoms with Crippen LogP contribution >= 0.6 is 24.0 Å². The summed E-state index contributed by atoms with van der Waals surface area (Å²) in [7, 11) is 0. The van der Waals surface area contributed by atoms with Gasteiger partial charge in [-0.15, -0.1) is 11.8 Å². The molecule has 1 N–H and O–H groups in total. The summed E-state index contributed by atoms with van der Waals surface area (Å²) in [5, 5.41) is 8.54. The van der Waals surface area contributed by atoms with Crippen molar-refractivity contribution in [3.63, 3.8) is 0 Å². The lowest BCUT2D eigenvalue weighted by Gasteiger charge is -2.05. The Bertz CT molecular complexity index is 379. The number of hydrogen-bond donors (Lipinski definition) is 1. The molecule has 0 amide bonds. The molecular formula is C11H12O2S2. The van der Waals surface area contributed by atoms with Crippen LogP contribution in [0.15, 0.2) is 18.2 Å². The number of aryl methyl sites for hydroxylation is 2. The summed E-state index contributed by atoms with van der Waals surface area (Å²) in [5.74, 6) is -0.821. The normalized spacial score (nSPS) is 10.0. The molecular weight excluding hydrogens is 228 g/mol. The lowest BCUT2D eigenvalue weighted by Crippen LogP contribution is -2.02. The number of hydrogen-bond acceptors (Lipinski definition) is 3. The lowest BCUT2D eigenvalue weighted by atomic mass is 10.1. The summed E-state index contributed by atoms with van der Waals surface area (Å²) >= 11 is 6.34. The van der Waals surface area contributed by atoms with Crippen LogP contribution in [0.1, 0.15) is 16.7 Å². The number of carboxylic acid groups (broad SMARTS) is 1. The smallest absolute Gasteiger partial charge is 0.313 e. The number of rotatable bonds is 3. The summed E-state index contributed by atoms with van der Waals surface area (Å²) in [6, 6.07) is 6.02. The highest BCUT2D eigenvalue weighted by atomic mass is 32.2. The molecule has 0 saturated carbocycles. The number of carbonyl (C=O) groups is 1. The third-order valence-corrected chi connectivity index (χ3v) is 3.26. The summed E-state index contributed by atoms with van der Waals surface area (Å²) in [6.07, 6.45) is 0. The third-order valence-electron chi connectivity index (χ3n) is 1.78. The Morgan fingerprint density at radius 1 is 1.33 bits per heavy atom. The first-order chi connectivity index (χ1) is 6.99. The first-order valence-corrected chi connectivity index (χ1v) is 5.85. The number of carboxylic acids is 1. The molecule has 0 fully saturated rings. The van der Waals surface area contributed by atoms with E-state index in [1.807, 2.05) is 26.0 Å². The first kappa shape index (κ1) is 12.2. The van der Waals surface area contributed by atoms with Crippen LogP contribution < -0.4 is 0 Å². The lowest BCUT2D eigenvalue weighted by molar-refractivity contribution is -0.133. The zero-order chi connectivity index (χ0) is 11.4. The minimum atomic E-state index is -0.841. The second-order valence-corrected chi connectivity index (χ2v) is 5.00. The molecule has 1 rings (SSSR count). The Kier molecular flexibility index (Phi) is 4.29. The van der Waals surface area contributed by atoms with Crippen LogP contribution in [-0.2, 0) is 4.79 Å². The largest absolute Gasteiger partial charge is 0.481 e. The van der Waals surface area contributed by atoms with Crippen molar-refractivity contribution < 1.29 is 9.90 Å². The molecule has 0 aliphatic rings. The van der Waals surface area contributed by atoms with Gasteiger partial charge in [0.1, 0.15) is 0 Å². The van der Waals surface area contributed by atoms with Crippen molar-refractivity contribution in [1.82, 2.24) is 0 Å². The van der Waals surface area contributed by atoms with E-state index in [1.165, 1.54) is 11.8 Å². The minimum Gasteiger partial charge on any atom is -0.481 e. The average molecular weight is 240 g/mol. The van der Waals surface area contributed by atoms with Gasteiger partial charge in [-0.1, -0.05) is 41.5 Å². The van der Waals surface area contributed by atoms with Gasteiger partial charge in [0, 0.05) is 0 Å². The highest BCUT2D eigenvalue weighted by Crippen LogP contribution is 2.17. The minimum absolute atomic E-state index is 0.0197. The molecule has 0 aliphatic heterocycles. The highest BCUT2D eigenvalue weighted by Gasteiger charge is 2.06. The highest BCUT2D eigenvalue weighted by molar-refractivity contribution is 8.24. The maximum Gasteiger partial charge on any atom is 0.313 e. The van der Waals surface area contributed by atoms with Crippen molar-refractivity contribution >= 4 is 34.1 Å². The Labute approximate surface area is 98.7 Å². The van der Waals surface area contributed by atoms with E-state index in [1.54, 1.807) is 0 Å². The zero-order valence-electron chi connectivity index (χ0n) is 8.61. The fraction of sp³-hybridized carbons (Fsp3) is 0.273. The van der Waals surface area contributed by atoms with Crippen molar-refractivity contribution in [2.75, 3.05) is 5.75 Å². The van der Waals surface area contributed by atoms with Crippen LogP contribution in [0.2, 0.25) is 0 Å². The van der Waals surface area contributed by atoms with Gasteiger partial charge in [-0.25, -0.2) is 0 Å². The van der Waals surface area contributed by atoms with Crippen LogP contribution in [-0.4, -0.2) is 21.0 Å². The first-order valence-electron chi connectivity index (χ1n) is 4.46. The maximum absolute atomic E-state index is 10.4. The van der Waals surface area contributed by atoms with Crippen LogP contribution in [0.25, 0.3) is 0 Å². The fourth-order valence-electron chi connectivity index (χ4n) is 1.30. The van der Waals surface area contributed by atoms with E-state index in [0.717, 1.165) is 16.7 Å². The van der Waals surface area contributed by atoms with Crippen molar-refractivity contribution in [1.29, 1.82) is 0 Å². The quantitative estimate of drug-likeness (QED) is 0.824. The standard InChI is InChI=1S/C11H12O2S2/c1-7-3-8(2)5-9(4-7)11(14)15-6-10(12)13/h3-5H,6H2,1-2H3,(H,12,13). The maximum atomic E-state index is 10.4. The topological polar surface area (TPSA) is 37.3 Å². The molecule has 0 unspecified atom stereocenters. The molecule has 0 saturated heterocycles. The second kappa shape index (κ2) is 5.28. The van der Waals surface area contributed by atoms with Gasteiger partial charge in [-0.2, -0.15) is 0 Å². The SMILES string of the molecule is Cc1cc(C)cc(C(=S)SCC(=O)O)c1. The van der Waals surface area contributed by atoms with Crippen LogP contribution in [0.5, 0.6) is 0 Å². The van der Waals surface area contributed by atoms with E-state index in [4.69, 9.17) is 17.3 Å². The summed E-state index contributed by atoms with van der Waals surface area (Å²) < 4.78 is 0.643. The third kappa shape index (κ3) is 4.01. The fourth-order valence-corrected chi connectivity index (χ4v) is 2.14. The van der Waals surface area contributed by atoms with Crippen LogP contribution in [0, 0.1) is 13.8 Å². The van der Waals surface area contributed by atoms with Crippen LogP contribution in [0.4, 0.5) is 0 Å². The molecule has 0 aliphatic carbocycles. The van der Waals surface area contributed by atoms with Gasteiger partial charge in [-0.05, 0) is 19.4 Å². The Balaban J connectivity index is 2.77. The molecule has 2 nitrogen and oxygen atoms in total. The molecule has 1 aromatic rings. The molecule has 80 valence electrons. The average Bonchev–Trinajstić information content (AvgIpc) is 2.12.